The van der Waals surface area contributed by atoms with Gasteiger partial charge in [-0.3, -0.25) is 4.40 Å². The molecule has 0 atom stereocenters. The van der Waals surface area contributed by atoms with Crippen molar-refractivity contribution in [1.29, 1.82) is 0 Å². The van der Waals surface area contributed by atoms with Crippen molar-refractivity contribution in [2.24, 2.45) is 0 Å². The Morgan fingerprint density at radius 2 is 1.78 bits per heavy atom. The molecule has 3 rings (SSSR count). The lowest BCUT2D eigenvalue weighted by atomic mass is 10.0. The molecule has 0 N–H and O–H groups in total. The van der Waals surface area contributed by atoms with Crippen molar-refractivity contribution >= 4 is 34.3 Å². The third-order valence-corrected chi connectivity index (χ3v) is 3.95. The second kappa shape index (κ2) is 6.05. The molecule has 0 amide bonds. The molecule has 0 unspecified atom stereocenters. The van der Waals surface area contributed by atoms with E-state index in [1.54, 1.807) is 0 Å². The molecule has 0 fully saturated rings. The molecule has 0 aliphatic heterocycles. The van der Waals surface area contributed by atoms with E-state index >= 15 is 0 Å². The molecule has 3 heteroatoms. The maximum absolute atomic E-state index is 4.43. The zero-order valence-corrected chi connectivity index (χ0v) is 13.5. The van der Waals surface area contributed by atoms with Crippen LogP contribution in [0.1, 0.15) is 30.8 Å². The normalized spacial score (nSPS) is 12.3. The first kappa shape index (κ1) is 15.0. The van der Waals surface area contributed by atoms with E-state index in [1.807, 2.05) is 56.4 Å². The predicted molar refractivity (Wildman–Crippen MR) is 99.1 cm³/mol. The third-order valence-electron chi connectivity index (χ3n) is 3.95. The molecule has 3 aromatic rings. The van der Waals surface area contributed by atoms with Crippen LogP contribution in [0.2, 0.25) is 0 Å². The first-order chi connectivity index (χ1) is 11.3. The van der Waals surface area contributed by atoms with Crippen molar-refractivity contribution in [2.75, 3.05) is 0 Å². The van der Waals surface area contributed by atoms with Gasteiger partial charge in [0.05, 0.1) is 5.52 Å². The Balaban J connectivity index is 2.57. The Hall–Kier alpha value is -2.94. The number of hydrogen-bond acceptors (Lipinski definition) is 2. The van der Waals surface area contributed by atoms with Crippen LogP contribution in [-0.4, -0.2) is 14.6 Å². The number of benzene rings is 1. The molecule has 0 bridgehead atoms. The van der Waals surface area contributed by atoms with Gasteiger partial charge in [0.25, 0.3) is 0 Å². The van der Waals surface area contributed by atoms with Gasteiger partial charge in [-0.05, 0) is 25.5 Å². The zero-order chi connectivity index (χ0) is 16.4. The van der Waals surface area contributed by atoms with Crippen LogP contribution < -0.4 is 0 Å². The van der Waals surface area contributed by atoms with Gasteiger partial charge in [0.15, 0.2) is 11.5 Å². The van der Waals surface area contributed by atoms with E-state index in [-0.39, 0.29) is 0 Å². The highest BCUT2D eigenvalue weighted by atomic mass is 15.3. The third kappa shape index (κ3) is 2.21. The molecule has 0 aliphatic carbocycles. The molecule has 3 nitrogen and oxygen atoms in total. The van der Waals surface area contributed by atoms with Crippen LogP contribution >= 0.6 is 0 Å². The number of allylic oxidation sites excluding steroid dienone is 4. The SMILES string of the molecule is C=Cc1c(C=C)c2nnc(C(C=CC)=CC)n2c2ccccc12. The molecule has 0 saturated carbocycles. The molecular weight excluding hydrogens is 282 g/mol. The Kier molecular flexibility index (Phi) is 3.94. The smallest absolute Gasteiger partial charge is 0.169 e. The molecule has 0 radical (unpaired) electrons. The summed E-state index contributed by atoms with van der Waals surface area (Å²) >= 11 is 0. The summed E-state index contributed by atoms with van der Waals surface area (Å²) in [4.78, 5) is 0. The van der Waals surface area contributed by atoms with Crippen LogP contribution in [0.3, 0.4) is 0 Å². The number of pyridine rings is 1. The van der Waals surface area contributed by atoms with Crippen LogP contribution in [0.15, 0.2) is 55.7 Å². The second-order valence-electron chi connectivity index (χ2n) is 5.18. The Morgan fingerprint density at radius 3 is 2.43 bits per heavy atom. The van der Waals surface area contributed by atoms with Crippen molar-refractivity contribution in [3.63, 3.8) is 0 Å². The van der Waals surface area contributed by atoms with Gasteiger partial charge >= 0.3 is 0 Å². The van der Waals surface area contributed by atoms with Gasteiger partial charge < -0.3 is 0 Å². The zero-order valence-electron chi connectivity index (χ0n) is 13.5. The summed E-state index contributed by atoms with van der Waals surface area (Å²) < 4.78 is 2.09. The molecule has 1 aromatic carbocycles. The highest BCUT2D eigenvalue weighted by Crippen LogP contribution is 2.30. The molecule has 0 spiro atoms. The van der Waals surface area contributed by atoms with Crippen molar-refractivity contribution in [2.45, 2.75) is 13.8 Å². The first-order valence-corrected chi connectivity index (χ1v) is 7.60. The number of aromatic nitrogens is 3. The minimum absolute atomic E-state index is 0.799. The van der Waals surface area contributed by atoms with E-state index in [0.717, 1.165) is 39.1 Å². The minimum atomic E-state index is 0.799. The summed E-state index contributed by atoms with van der Waals surface area (Å²) in [5, 5.41) is 9.96. The minimum Gasteiger partial charge on any atom is -0.274 e. The molecule has 0 aliphatic rings. The van der Waals surface area contributed by atoms with Gasteiger partial charge in [0.2, 0.25) is 0 Å². The highest BCUT2D eigenvalue weighted by molar-refractivity contribution is 5.97. The summed E-state index contributed by atoms with van der Waals surface area (Å²) in [6.45, 7) is 11.9. The van der Waals surface area contributed by atoms with E-state index < -0.39 is 0 Å². The summed E-state index contributed by atoms with van der Waals surface area (Å²) in [6, 6.07) is 8.23. The summed E-state index contributed by atoms with van der Waals surface area (Å²) in [5.74, 6) is 0.829. The van der Waals surface area contributed by atoms with E-state index in [9.17, 15) is 0 Å². The van der Waals surface area contributed by atoms with Gasteiger partial charge in [-0.25, -0.2) is 0 Å². The van der Waals surface area contributed by atoms with Gasteiger partial charge in [-0.2, -0.15) is 0 Å². The number of hydrogen-bond donors (Lipinski definition) is 0. The largest absolute Gasteiger partial charge is 0.274 e. The molecule has 2 aromatic heterocycles. The molecular formula is C20H19N3. The van der Waals surface area contributed by atoms with Crippen LogP contribution in [0.4, 0.5) is 0 Å². The lowest BCUT2D eigenvalue weighted by molar-refractivity contribution is 1.08. The lowest BCUT2D eigenvalue weighted by Gasteiger charge is -2.11. The van der Waals surface area contributed by atoms with Crippen molar-refractivity contribution in [3.8, 4) is 0 Å². The fourth-order valence-electron chi connectivity index (χ4n) is 2.94. The Bertz CT molecular complexity index is 971. The Morgan fingerprint density at radius 1 is 1.04 bits per heavy atom. The number of nitrogens with zero attached hydrogens (tertiary/aromatic N) is 3. The first-order valence-electron chi connectivity index (χ1n) is 7.60. The van der Waals surface area contributed by atoms with Crippen molar-refractivity contribution in [3.05, 3.63) is 72.6 Å². The topological polar surface area (TPSA) is 30.2 Å². The standard InChI is InChI=1S/C20H19N3/c1-5-11-14(6-2)19-21-22-20-16(8-4)15(7-3)17-12-9-10-13-18(17)23(19)20/h5-13H,3-4H2,1-2H3. The van der Waals surface area contributed by atoms with E-state index in [2.05, 4.69) is 39.9 Å². The van der Waals surface area contributed by atoms with Crippen LogP contribution in [-0.2, 0) is 0 Å². The predicted octanol–water partition coefficient (Wildman–Crippen LogP) is 5.15. The fourth-order valence-corrected chi connectivity index (χ4v) is 2.94. The summed E-state index contributed by atoms with van der Waals surface area (Å²) in [5.41, 5.74) is 4.88. The molecule has 2 heterocycles. The summed E-state index contributed by atoms with van der Waals surface area (Å²) in [6.07, 6.45) is 9.77. The van der Waals surface area contributed by atoms with Gasteiger partial charge in [0.1, 0.15) is 0 Å². The lowest BCUT2D eigenvalue weighted by Crippen LogP contribution is -1.99. The molecule has 23 heavy (non-hydrogen) atoms. The van der Waals surface area contributed by atoms with Crippen molar-refractivity contribution < 1.29 is 0 Å². The molecule has 114 valence electrons. The van der Waals surface area contributed by atoms with E-state index in [4.69, 9.17) is 0 Å². The van der Waals surface area contributed by atoms with Gasteiger partial charge in [-0.1, -0.05) is 61.7 Å². The monoisotopic (exact) mass is 301 g/mol. The molecule has 0 saturated heterocycles. The maximum atomic E-state index is 4.43. The van der Waals surface area contributed by atoms with Crippen LogP contribution in [0.25, 0.3) is 34.3 Å². The van der Waals surface area contributed by atoms with Gasteiger partial charge in [0, 0.05) is 16.5 Å². The average molecular weight is 301 g/mol. The van der Waals surface area contributed by atoms with Crippen molar-refractivity contribution in [1.82, 2.24) is 14.6 Å². The quantitative estimate of drug-likeness (QED) is 0.624. The fraction of sp³-hybridized carbons (Fsp3) is 0.100. The summed E-state index contributed by atoms with van der Waals surface area (Å²) in [7, 11) is 0. The van der Waals surface area contributed by atoms with E-state index in [0.29, 0.717) is 0 Å². The maximum Gasteiger partial charge on any atom is 0.169 e. The van der Waals surface area contributed by atoms with E-state index in [1.165, 1.54) is 0 Å². The Labute approximate surface area is 136 Å². The van der Waals surface area contributed by atoms with Crippen LogP contribution in [0.5, 0.6) is 0 Å². The number of para-hydroxylation sites is 1. The number of rotatable bonds is 4. The highest BCUT2D eigenvalue weighted by Gasteiger charge is 2.16. The number of fused-ring (bicyclic) bond motifs is 3. The van der Waals surface area contributed by atoms with Gasteiger partial charge in [-0.15, -0.1) is 10.2 Å². The second-order valence-corrected chi connectivity index (χ2v) is 5.18. The van der Waals surface area contributed by atoms with Crippen LogP contribution in [0, 0.1) is 0 Å². The average Bonchev–Trinajstić information content (AvgIpc) is 3.03.